The monoisotopic (exact) mass is 364 g/mol. The van der Waals surface area contributed by atoms with E-state index in [9.17, 15) is 4.79 Å². The number of carbonyl (C=O) groups excluding carboxylic acids is 1. The number of hydrogen-bond donors (Lipinski definition) is 1. The zero-order valence-corrected chi connectivity index (χ0v) is 14.2. The largest absolute Gasteiger partial charge is 0.414 e. The van der Waals surface area contributed by atoms with Crippen molar-refractivity contribution in [2.45, 2.75) is 23.9 Å². The highest BCUT2D eigenvalue weighted by molar-refractivity contribution is 8.00. The van der Waals surface area contributed by atoms with Crippen molar-refractivity contribution in [1.29, 1.82) is 0 Å². The number of aromatic nitrogens is 5. The molecule has 0 radical (unpaired) electrons. The molecule has 8 nitrogen and oxygen atoms in total. The van der Waals surface area contributed by atoms with Crippen molar-refractivity contribution in [2.24, 2.45) is 0 Å². The fraction of sp³-hybridized carbons (Fsp3) is 0.214. The van der Waals surface area contributed by atoms with E-state index in [0.29, 0.717) is 28.4 Å². The average Bonchev–Trinajstić information content (AvgIpc) is 3.22. The van der Waals surface area contributed by atoms with Crippen LogP contribution in [0.4, 0.5) is 5.69 Å². The molecule has 24 heavy (non-hydrogen) atoms. The van der Waals surface area contributed by atoms with E-state index in [2.05, 4.69) is 25.6 Å². The van der Waals surface area contributed by atoms with Crippen LogP contribution in [0.25, 0.3) is 0 Å². The number of hydrogen-bond acceptors (Lipinski definition) is 7. The van der Waals surface area contributed by atoms with Crippen LogP contribution < -0.4 is 5.32 Å². The first-order valence-electron chi connectivity index (χ1n) is 6.98. The molecule has 1 amide bonds. The van der Waals surface area contributed by atoms with Gasteiger partial charge in [0.2, 0.25) is 11.8 Å². The van der Waals surface area contributed by atoms with E-state index < -0.39 is 5.25 Å². The Hall–Kier alpha value is -2.39. The first-order valence-corrected chi connectivity index (χ1v) is 8.24. The number of benzene rings is 1. The molecule has 2 aromatic heterocycles. The Morgan fingerprint density at radius 2 is 2.17 bits per heavy atom. The van der Waals surface area contributed by atoms with Gasteiger partial charge in [-0.05, 0) is 31.2 Å². The lowest BCUT2D eigenvalue weighted by molar-refractivity contribution is -0.115. The normalized spacial score (nSPS) is 12.1. The number of amides is 1. The highest BCUT2D eigenvalue weighted by atomic mass is 35.5. The summed E-state index contributed by atoms with van der Waals surface area (Å²) in [5, 5.41) is 15.1. The van der Waals surface area contributed by atoms with E-state index in [1.54, 1.807) is 42.2 Å². The lowest BCUT2D eigenvalue weighted by Crippen LogP contribution is -2.22. The van der Waals surface area contributed by atoms with Gasteiger partial charge in [0.05, 0.1) is 5.25 Å². The minimum Gasteiger partial charge on any atom is -0.414 e. The van der Waals surface area contributed by atoms with E-state index >= 15 is 0 Å². The summed E-state index contributed by atoms with van der Waals surface area (Å²) in [6.07, 6.45) is 2.98. The molecule has 0 aliphatic heterocycles. The summed E-state index contributed by atoms with van der Waals surface area (Å²) in [6, 6.07) is 6.90. The molecule has 1 unspecified atom stereocenters. The van der Waals surface area contributed by atoms with Crippen LogP contribution in [-0.2, 0) is 11.3 Å². The molecule has 1 N–H and O–H groups in total. The van der Waals surface area contributed by atoms with Gasteiger partial charge >= 0.3 is 0 Å². The van der Waals surface area contributed by atoms with Gasteiger partial charge in [0.15, 0.2) is 0 Å². The van der Waals surface area contributed by atoms with Crippen molar-refractivity contribution >= 4 is 35.0 Å². The van der Waals surface area contributed by atoms with Gasteiger partial charge < -0.3 is 9.73 Å². The van der Waals surface area contributed by atoms with Crippen molar-refractivity contribution in [2.75, 3.05) is 5.32 Å². The predicted molar refractivity (Wildman–Crippen MR) is 88.8 cm³/mol. The molecular weight excluding hydrogens is 352 g/mol. The van der Waals surface area contributed by atoms with Crippen molar-refractivity contribution in [1.82, 2.24) is 25.0 Å². The number of halogens is 1. The highest BCUT2D eigenvalue weighted by Crippen LogP contribution is 2.23. The van der Waals surface area contributed by atoms with Gasteiger partial charge in [0, 0.05) is 10.7 Å². The highest BCUT2D eigenvalue weighted by Gasteiger charge is 2.18. The average molecular weight is 365 g/mol. The Morgan fingerprint density at radius 3 is 2.88 bits per heavy atom. The minimum absolute atomic E-state index is 0.168. The third-order valence-electron chi connectivity index (χ3n) is 2.97. The van der Waals surface area contributed by atoms with E-state index in [1.165, 1.54) is 18.1 Å². The summed E-state index contributed by atoms with van der Waals surface area (Å²) in [6.45, 7) is 2.09. The molecule has 10 heteroatoms. The maximum atomic E-state index is 12.2. The molecule has 1 aromatic carbocycles. The summed E-state index contributed by atoms with van der Waals surface area (Å²) >= 11 is 7.00. The fourth-order valence-corrected chi connectivity index (χ4v) is 2.61. The Morgan fingerprint density at radius 1 is 1.38 bits per heavy atom. The van der Waals surface area contributed by atoms with Gasteiger partial charge in [0.25, 0.3) is 5.22 Å². The van der Waals surface area contributed by atoms with Crippen molar-refractivity contribution in [3.63, 3.8) is 0 Å². The molecule has 124 valence electrons. The smallest absolute Gasteiger partial charge is 0.277 e. The first kappa shape index (κ1) is 16.5. The lowest BCUT2D eigenvalue weighted by atomic mass is 10.3. The number of nitrogens with zero attached hydrogens (tertiary/aromatic N) is 5. The Balaban J connectivity index is 1.56. The number of thioether (sulfide) groups is 1. The molecule has 0 saturated carbocycles. The van der Waals surface area contributed by atoms with Crippen molar-refractivity contribution in [3.05, 3.63) is 47.8 Å². The number of anilines is 1. The van der Waals surface area contributed by atoms with Gasteiger partial charge in [-0.15, -0.1) is 10.2 Å². The van der Waals surface area contributed by atoms with Crippen LogP contribution >= 0.6 is 23.4 Å². The van der Waals surface area contributed by atoms with Crippen molar-refractivity contribution < 1.29 is 9.21 Å². The number of carbonyl (C=O) groups is 1. The molecule has 0 aliphatic rings. The zero-order valence-electron chi connectivity index (χ0n) is 12.6. The van der Waals surface area contributed by atoms with E-state index in [1.807, 2.05) is 0 Å². The maximum absolute atomic E-state index is 12.2. The second-order valence-electron chi connectivity index (χ2n) is 4.81. The van der Waals surface area contributed by atoms with Gasteiger partial charge in [0.1, 0.15) is 19.2 Å². The van der Waals surface area contributed by atoms with Gasteiger partial charge in [-0.2, -0.15) is 5.10 Å². The van der Waals surface area contributed by atoms with Gasteiger partial charge in [-0.25, -0.2) is 9.67 Å². The van der Waals surface area contributed by atoms with Crippen LogP contribution in [0.3, 0.4) is 0 Å². The SMILES string of the molecule is CC(Sc1nnc(Cn2cncn2)o1)C(=O)Nc1ccc(Cl)cc1. The van der Waals surface area contributed by atoms with Crippen molar-refractivity contribution in [3.8, 4) is 0 Å². The van der Waals surface area contributed by atoms with Gasteiger partial charge in [-0.3, -0.25) is 4.79 Å². The summed E-state index contributed by atoms with van der Waals surface area (Å²) in [5.74, 6) is 0.228. The quantitative estimate of drug-likeness (QED) is 0.671. The van der Waals surface area contributed by atoms with E-state index in [-0.39, 0.29) is 5.91 Å². The maximum Gasteiger partial charge on any atom is 0.277 e. The molecule has 0 bridgehead atoms. The van der Waals surface area contributed by atoms with Crippen LogP contribution in [0.15, 0.2) is 46.6 Å². The van der Waals surface area contributed by atoms with Crippen LogP contribution in [0, 0.1) is 0 Å². The van der Waals surface area contributed by atoms with Crippen LogP contribution in [0.2, 0.25) is 5.02 Å². The Kier molecular flexibility index (Phi) is 5.11. The molecule has 0 fully saturated rings. The standard InChI is InChI=1S/C14H13ClN6O2S/c1-9(13(22)18-11-4-2-10(15)3-5-11)24-14-20-19-12(23-14)6-21-8-16-7-17-21/h2-5,7-9H,6H2,1H3,(H,18,22). The molecule has 0 spiro atoms. The van der Waals surface area contributed by atoms with E-state index in [0.717, 1.165) is 0 Å². The third kappa shape index (κ3) is 4.33. The molecule has 1 atom stereocenters. The molecule has 2 heterocycles. The number of nitrogens with one attached hydrogen (secondary N) is 1. The number of rotatable bonds is 6. The second kappa shape index (κ2) is 7.45. The minimum atomic E-state index is -0.402. The predicted octanol–water partition coefficient (Wildman–Crippen LogP) is 2.48. The summed E-state index contributed by atoms with van der Waals surface area (Å²) < 4.78 is 7.07. The summed E-state index contributed by atoms with van der Waals surface area (Å²) in [4.78, 5) is 16.0. The lowest BCUT2D eigenvalue weighted by Gasteiger charge is -2.09. The first-order chi connectivity index (χ1) is 11.6. The van der Waals surface area contributed by atoms with Gasteiger partial charge in [-0.1, -0.05) is 23.4 Å². The van der Waals surface area contributed by atoms with E-state index in [4.69, 9.17) is 16.0 Å². The van der Waals surface area contributed by atoms with Crippen LogP contribution in [0.5, 0.6) is 0 Å². The molecule has 3 aromatic rings. The Bertz CT molecular complexity index is 805. The van der Waals surface area contributed by atoms with Crippen LogP contribution in [0.1, 0.15) is 12.8 Å². The molecule has 3 rings (SSSR count). The summed E-state index contributed by atoms with van der Waals surface area (Å²) in [7, 11) is 0. The second-order valence-corrected chi connectivity index (χ2v) is 6.54. The zero-order chi connectivity index (χ0) is 16.9. The Labute approximate surface area is 146 Å². The summed E-state index contributed by atoms with van der Waals surface area (Å²) in [5.41, 5.74) is 0.675. The molecule has 0 aliphatic carbocycles. The topological polar surface area (TPSA) is 98.7 Å². The third-order valence-corrected chi connectivity index (χ3v) is 4.16. The van der Waals surface area contributed by atoms with Crippen LogP contribution in [-0.4, -0.2) is 36.1 Å². The molecule has 0 saturated heterocycles. The molecular formula is C14H13ClN6O2S. The fourth-order valence-electron chi connectivity index (χ4n) is 1.78.